The maximum absolute atomic E-state index is 11.7. The highest BCUT2D eigenvalue weighted by Crippen LogP contribution is 2.60. The second kappa shape index (κ2) is 5.30. The highest BCUT2D eigenvalue weighted by molar-refractivity contribution is 5.88. The molecular formula is C17H24O5. The molecule has 1 fully saturated rings. The van der Waals surface area contributed by atoms with Crippen molar-refractivity contribution in [2.45, 2.75) is 58.7 Å². The van der Waals surface area contributed by atoms with Crippen LogP contribution >= 0.6 is 0 Å². The Morgan fingerprint density at radius 3 is 2.45 bits per heavy atom. The number of fused-ring (bicyclic) bond motifs is 1. The van der Waals surface area contributed by atoms with Crippen LogP contribution < -0.4 is 0 Å². The Balaban J connectivity index is 2.67. The molecule has 0 spiro atoms. The van der Waals surface area contributed by atoms with Gasteiger partial charge in [0.1, 0.15) is 12.4 Å². The molecule has 0 amide bonds. The topological polar surface area (TPSA) is 80.7 Å². The minimum atomic E-state index is -1.84. The normalized spacial score (nSPS) is 40.1. The molecule has 0 bridgehead atoms. The minimum Gasteiger partial charge on any atom is -0.458 e. The molecule has 0 heterocycles. The van der Waals surface area contributed by atoms with Crippen LogP contribution in [0.1, 0.15) is 47.0 Å². The molecule has 0 radical (unpaired) electrons. The summed E-state index contributed by atoms with van der Waals surface area (Å²) in [5.41, 5.74) is -2.92. The lowest BCUT2D eigenvalue weighted by Crippen LogP contribution is -2.64. The van der Waals surface area contributed by atoms with Crippen molar-refractivity contribution in [3.8, 4) is 0 Å². The molecule has 122 valence electrons. The lowest BCUT2D eigenvalue weighted by Gasteiger charge is -2.59. The van der Waals surface area contributed by atoms with Gasteiger partial charge < -0.3 is 9.84 Å². The van der Waals surface area contributed by atoms with Gasteiger partial charge in [0.15, 0.2) is 11.9 Å². The van der Waals surface area contributed by atoms with E-state index in [2.05, 4.69) is 13.8 Å². The molecule has 4 atom stereocenters. The molecule has 2 aliphatic rings. The van der Waals surface area contributed by atoms with Crippen LogP contribution in [0.2, 0.25) is 0 Å². The summed E-state index contributed by atoms with van der Waals surface area (Å²) in [7, 11) is 0. The van der Waals surface area contributed by atoms with E-state index >= 15 is 0 Å². The fourth-order valence-corrected chi connectivity index (χ4v) is 4.67. The van der Waals surface area contributed by atoms with E-state index in [0.29, 0.717) is 19.0 Å². The standard InChI is InChI=1S/C17H24O5/c1-11(20)22-13-8-12(9-18)17(21,10-19)16(4)7-5-6-15(2,3)14(13)16/h8-10,13-14,21H,5-7H2,1-4H3/t13-,14+,16-,17+/m1/s1. The maximum atomic E-state index is 11.7. The number of aldehydes is 2. The van der Waals surface area contributed by atoms with E-state index in [1.165, 1.54) is 13.0 Å². The van der Waals surface area contributed by atoms with Gasteiger partial charge in [-0.15, -0.1) is 0 Å². The van der Waals surface area contributed by atoms with Crippen molar-refractivity contribution in [2.24, 2.45) is 16.7 Å². The van der Waals surface area contributed by atoms with Gasteiger partial charge in [0, 0.05) is 23.8 Å². The number of carbonyl (C=O) groups is 3. The molecule has 0 aromatic rings. The molecule has 0 aromatic carbocycles. The van der Waals surface area contributed by atoms with Crippen LogP contribution in [-0.2, 0) is 19.1 Å². The van der Waals surface area contributed by atoms with Gasteiger partial charge in [-0.2, -0.15) is 0 Å². The third-order valence-corrected chi connectivity index (χ3v) is 5.63. The van der Waals surface area contributed by atoms with Crippen molar-refractivity contribution >= 4 is 18.5 Å². The van der Waals surface area contributed by atoms with E-state index in [1.807, 2.05) is 6.92 Å². The van der Waals surface area contributed by atoms with E-state index in [0.717, 1.165) is 12.8 Å². The Morgan fingerprint density at radius 2 is 1.95 bits per heavy atom. The van der Waals surface area contributed by atoms with Gasteiger partial charge in [0.25, 0.3) is 0 Å². The van der Waals surface area contributed by atoms with Gasteiger partial charge in [-0.1, -0.05) is 27.2 Å². The smallest absolute Gasteiger partial charge is 0.303 e. The van der Waals surface area contributed by atoms with Crippen LogP contribution in [0.25, 0.3) is 0 Å². The quantitative estimate of drug-likeness (QED) is 0.635. The predicted molar refractivity (Wildman–Crippen MR) is 79.9 cm³/mol. The molecule has 0 saturated heterocycles. The zero-order valence-electron chi connectivity index (χ0n) is 13.6. The van der Waals surface area contributed by atoms with E-state index in [1.54, 1.807) is 0 Å². The zero-order chi connectivity index (χ0) is 16.8. The van der Waals surface area contributed by atoms with Crippen LogP contribution in [0.3, 0.4) is 0 Å². The number of ether oxygens (including phenoxy) is 1. The summed E-state index contributed by atoms with van der Waals surface area (Å²) in [6.07, 6.45) is 4.14. The first-order valence-corrected chi connectivity index (χ1v) is 7.66. The van der Waals surface area contributed by atoms with Crippen molar-refractivity contribution in [3.05, 3.63) is 11.6 Å². The largest absolute Gasteiger partial charge is 0.458 e. The first kappa shape index (κ1) is 16.9. The molecule has 2 rings (SSSR count). The summed E-state index contributed by atoms with van der Waals surface area (Å²) in [6, 6.07) is 0. The number of rotatable bonds is 3. The Bertz CT molecular complexity index is 535. The Morgan fingerprint density at radius 1 is 1.32 bits per heavy atom. The monoisotopic (exact) mass is 308 g/mol. The summed E-state index contributed by atoms with van der Waals surface area (Å²) in [5.74, 6) is -0.677. The van der Waals surface area contributed by atoms with Crippen molar-refractivity contribution in [1.82, 2.24) is 0 Å². The molecule has 0 aromatic heterocycles. The van der Waals surface area contributed by atoms with Crippen LogP contribution in [0.15, 0.2) is 11.6 Å². The third kappa shape index (κ3) is 2.22. The summed E-state index contributed by atoms with van der Waals surface area (Å²) in [5, 5.41) is 11.0. The maximum Gasteiger partial charge on any atom is 0.303 e. The van der Waals surface area contributed by atoms with E-state index < -0.39 is 23.1 Å². The fraction of sp³-hybridized carbons (Fsp3) is 0.706. The van der Waals surface area contributed by atoms with Crippen LogP contribution in [-0.4, -0.2) is 35.4 Å². The molecule has 5 nitrogen and oxygen atoms in total. The number of hydrogen-bond acceptors (Lipinski definition) is 5. The Kier molecular flexibility index (Phi) is 4.07. The van der Waals surface area contributed by atoms with Crippen molar-refractivity contribution < 1.29 is 24.2 Å². The summed E-state index contributed by atoms with van der Waals surface area (Å²) in [6.45, 7) is 7.25. The highest BCUT2D eigenvalue weighted by atomic mass is 16.5. The van der Waals surface area contributed by atoms with Crippen LogP contribution in [0.5, 0.6) is 0 Å². The summed E-state index contributed by atoms with van der Waals surface area (Å²) >= 11 is 0. The van der Waals surface area contributed by atoms with Gasteiger partial charge in [0.05, 0.1) is 0 Å². The zero-order valence-corrected chi connectivity index (χ0v) is 13.6. The van der Waals surface area contributed by atoms with E-state index in [9.17, 15) is 19.5 Å². The van der Waals surface area contributed by atoms with Crippen molar-refractivity contribution in [2.75, 3.05) is 0 Å². The third-order valence-electron chi connectivity index (χ3n) is 5.63. The molecule has 2 aliphatic carbocycles. The summed E-state index contributed by atoms with van der Waals surface area (Å²) in [4.78, 5) is 34.6. The second-order valence-electron chi connectivity index (χ2n) is 7.44. The minimum absolute atomic E-state index is 0.00907. The Hall–Kier alpha value is -1.49. The Labute approximate surface area is 130 Å². The van der Waals surface area contributed by atoms with Crippen molar-refractivity contribution in [3.63, 3.8) is 0 Å². The number of aliphatic hydroxyl groups is 1. The number of esters is 1. The molecule has 1 saturated carbocycles. The van der Waals surface area contributed by atoms with Gasteiger partial charge in [0.2, 0.25) is 0 Å². The molecule has 0 aliphatic heterocycles. The lowest BCUT2D eigenvalue weighted by atomic mass is 9.46. The molecular weight excluding hydrogens is 284 g/mol. The lowest BCUT2D eigenvalue weighted by molar-refractivity contribution is -0.186. The van der Waals surface area contributed by atoms with Crippen LogP contribution in [0, 0.1) is 16.7 Å². The molecule has 0 unspecified atom stereocenters. The first-order chi connectivity index (χ1) is 10.1. The van der Waals surface area contributed by atoms with Gasteiger partial charge >= 0.3 is 5.97 Å². The average Bonchev–Trinajstić information content (AvgIpc) is 2.40. The second-order valence-corrected chi connectivity index (χ2v) is 7.44. The molecule has 1 N–H and O–H groups in total. The van der Waals surface area contributed by atoms with E-state index in [4.69, 9.17) is 4.74 Å². The summed E-state index contributed by atoms with van der Waals surface area (Å²) < 4.78 is 5.43. The fourth-order valence-electron chi connectivity index (χ4n) is 4.67. The SMILES string of the molecule is CC(=O)O[C@@H]1C=C(C=O)[C@@](O)(C=O)[C@]2(C)CCCC(C)(C)[C@H]12. The molecule has 22 heavy (non-hydrogen) atoms. The first-order valence-electron chi connectivity index (χ1n) is 7.66. The number of hydrogen-bond donors (Lipinski definition) is 1. The predicted octanol–water partition coefficient (Wildman–Crippen LogP) is 1.82. The van der Waals surface area contributed by atoms with Crippen LogP contribution in [0.4, 0.5) is 0 Å². The average molecular weight is 308 g/mol. The van der Waals surface area contributed by atoms with Crippen molar-refractivity contribution in [1.29, 1.82) is 0 Å². The van der Waals surface area contributed by atoms with Gasteiger partial charge in [-0.25, -0.2) is 0 Å². The highest BCUT2D eigenvalue weighted by Gasteiger charge is 2.64. The molecule has 5 heteroatoms. The number of carbonyl (C=O) groups excluding carboxylic acids is 3. The van der Waals surface area contributed by atoms with Gasteiger partial charge in [-0.05, 0) is 24.3 Å². The van der Waals surface area contributed by atoms with E-state index in [-0.39, 0.29) is 16.9 Å². The van der Waals surface area contributed by atoms with Gasteiger partial charge in [-0.3, -0.25) is 14.4 Å².